The first-order valence-corrected chi connectivity index (χ1v) is 34.5. The first-order chi connectivity index (χ1) is 37.0. The van der Waals surface area contributed by atoms with E-state index in [0.717, 1.165) is 64.2 Å². The molecular weight excluding hydrogens is 925 g/mol. The maximum absolute atomic E-state index is 12.8. The van der Waals surface area contributed by atoms with E-state index in [4.69, 9.17) is 14.2 Å². The molecule has 0 heterocycles. The molecule has 446 valence electrons. The average Bonchev–Trinajstić information content (AvgIpc) is 3.41. The molecule has 0 aromatic carbocycles. The predicted molar refractivity (Wildman–Crippen MR) is 326 cm³/mol. The quantitative estimate of drug-likeness (QED) is 0.0343. The monoisotopic (exact) mass is 1060 g/mol. The number of carbonyl (C=O) groups excluding carboxylic acids is 3. The molecule has 0 aliphatic carbocycles. The minimum Gasteiger partial charge on any atom is -0.462 e. The van der Waals surface area contributed by atoms with Gasteiger partial charge in [0.2, 0.25) is 0 Å². The van der Waals surface area contributed by atoms with Crippen molar-refractivity contribution >= 4 is 17.9 Å². The second-order valence-corrected chi connectivity index (χ2v) is 23.8. The average molecular weight is 1060 g/mol. The third-order valence-corrected chi connectivity index (χ3v) is 16.1. The molecule has 0 amide bonds. The van der Waals surface area contributed by atoms with Crippen LogP contribution in [0.25, 0.3) is 0 Å². The van der Waals surface area contributed by atoms with Gasteiger partial charge in [0.1, 0.15) is 13.2 Å². The molecule has 0 radical (unpaired) electrons. The van der Waals surface area contributed by atoms with Gasteiger partial charge in [-0.3, -0.25) is 14.4 Å². The number of ether oxygens (including phenoxy) is 3. The lowest BCUT2D eigenvalue weighted by Gasteiger charge is -2.18. The third kappa shape index (κ3) is 63.1. The molecule has 6 heteroatoms. The molecule has 0 spiro atoms. The van der Waals surface area contributed by atoms with Gasteiger partial charge in [0, 0.05) is 19.3 Å². The Morgan fingerprint density at radius 2 is 0.360 bits per heavy atom. The second-order valence-electron chi connectivity index (χ2n) is 23.8. The standard InChI is InChI=1S/C69H134O6/c1-4-7-10-13-15-17-19-21-23-25-27-29-31-33-34-36-37-39-41-43-45-47-49-51-53-56-59-62-68(71)74-65-66(64-73-67(70)61-58-55-12-9-6-3)75-69(72)63-60-57-54-52-50-48-46-44-42-40-38-35-32-30-28-26-24-22-20-18-16-14-11-8-5-2/h66H,4-65H2,1-3H3. The lowest BCUT2D eigenvalue weighted by molar-refractivity contribution is -0.167. The van der Waals surface area contributed by atoms with Crippen LogP contribution in [0.3, 0.4) is 0 Å². The molecule has 0 rings (SSSR count). The van der Waals surface area contributed by atoms with Crippen molar-refractivity contribution < 1.29 is 28.6 Å². The highest BCUT2D eigenvalue weighted by Crippen LogP contribution is 2.19. The number of hydrogen-bond acceptors (Lipinski definition) is 6. The number of esters is 3. The Morgan fingerprint density at radius 3 is 0.533 bits per heavy atom. The van der Waals surface area contributed by atoms with Crippen LogP contribution in [0.2, 0.25) is 0 Å². The van der Waals surface area contributed by atoms with Crippen LogP contribution in [0, 0.1) is 0 Å². The maximum atomic E-state index is 12.8. The summed E-state index contributed by atoms with van der Waals surface area (Å²) >= 11 is 0. The number of carbonyl (C=O) groups is 3. The highest BCUT2D eigenvalue weighted by atomic mass is 16.6. The molecule has 1 atom stereocenters. The molecule has 0 N–H and O–H groups in total. The summed E-state index contributed by atoms with van der Waals surface area (Å²) < 4.78 is 16.8. The first kappa shape index (κ1) is 73.4. The van der Waals surface area contributed by atoms with Gasteiger partial charge in [-0.2, -0.15) is 0 Å². The Kier molecular flexibility index (Phi) is 63.6. The fourth-order valence-corrected chi connectivity index (χ4v) is 10.9. The van der Waals surface area contributed by atoms with E-state index < -0.39 is 6.10 Å². The topological polar surface area (TPSA) is 78.9 Å². The van der Waals surface area contributed by atoms with Crippen LogP contribution < -0.4 is 0 Å². The van der Waals surface area contributed by atoms with Crippen molar-refractivity contribution in [2.45, 2.75) is 412 Å². The van der Waals surface area contributed by atoms with Gasteiger partial charge in [0.15, 0.2) is 6.10 Å². The van der Waals surface area contributed by atoms with E-state index in [2.05, 4.69) is 20.8 Å². The van der Waals surface area contributed by atoms with Crippen molar-refractivity contribution in [3.8, 4) is 0 Å². The van der Waals surface area contributed by atoms with Crippen LogP contribution in [0.15, 0.2) is 0 Å². The zero-order valence-corrected chi connectivity index (χ0v) is 51.4. The fourth-order valence-electron chi connectivity index (χ4n) is 10.9. The summed E-state index contributed by atoms with van der Waals surface area (Å²) in [6, 6.07) is 0. The van der Waals surface area contributed by atoms with Crippen molar-refractivity contribution in [2.75, 3.05) is 13.2 Å². The molecule has 6 nitrogen and oxygen atoms in total. The van der Waals surface area contributed by atoms with Crippen molar-refractivity contribution in [3.63, 3.8) is 0 Å². The summed E-state index contributed by atoms with van der Waals surface area (Å²) in [5.74, 6) is -0.843. The van der Waals surface area contributed by atoms with Gasteiger partial charge in [0.25, 0.3) is 0 Å². The number of rotatable bonds is 65. The molecule has 0 fully saturated rings. The van der Waals surface area contributed by atoms with Crippen LogP contribution in [0.5, 0.6) is 0 Å². The Bertz CT molecular complexity index is 1120. The third-order valence-electron chi connectivity index (χ3n) is 16.1. The van der Waals surface area contributed by atoms with Gasteiger partial charge in [-0.1, -0.05) is 367 Å². The zero-order chi connectivity index (χ0) is 54.3. The predicted octanol–water partition coefficient (Wildman–Crippen LogP) is 23.5. The molecule has 0 saturated carbocycles. The van der Waals surface area contributed by atoms with Crippen molar-refractivity contribution in [2.24, 2.45) is 0 Å². The second kappa shape index (κ2) is 64.9. The van der Waals surface area contributed by atoms with E-state index in [1.165, 1.54) is 302 Å². The molecule has 0 aliphatic heterocycles. The molecule has 0 aromatic heterocycles. The highest BCUT2D eigenvalue weighted by Gasteiger charge is 2.19. The Balaban J connectivity index is 3.91. The van der Waals surface area contributed by atoms with Crippen LogP contribution in [-0.4, -0.2) is 37.2 Å². The van der Waals surface area contributed by atoms with E-state index in [1.54, 1.807) is 0 Å². The molecule has 1 unspecified atom stereocenters. The van der Waals surface area contributed by atoms with E-state index in [9.17, 15) is 14.4 Å². The Morgan fingerprint density at radius 1 is 0.213 bits per heavy atom. The van der Waals surface area contributed by atoms with Gasteiger partial charge >= 0.3 is 17.9 Å². The molecular formula is C69H134O6. The van der Waals surface area contributed by atoms with Crippen molar-refractivity contribution in [3.05, 3.63) is 0 Å². The van der Waals surface area contributed by atoms with Crippen LogP contribution >= 0.6 is 0 Å². The van der Waals surface area contributed by atoms with Gasteiger partial charge in [-0.25, -0.2) is 0 Å². The summed E-state index contributed by atoms with van der Waals surface area (Å²) in [6.45, 7) is 6.65. The molecule has 75 heavy (non-hydrogen) atoms. The van der Waals surface area contributed by atoms with Crippen LogP contribution in [0.4, 0.5) is 0 Å². The maximum Gasteiger partial charge on any atom is 0.306 e. The van der Waals surface area contributed by atoms with Crippen LogP contribution in [-0.2, 0) is 28.6 Å². The molecule has 0 saturated heterocycles. The molecule has 0 aliphatic rings. The molecule has 0 aromatic rings. The Labute approximate surface area is 469 Å². The summed E-state index contributed by atoms with van der Waals surface area (Å²) in [6.07, 6.45) is 76.2. The first-order valence-electron chi connectivity index (χ1n) is 34.5. The SMILES string of the molecule is CCCCCCCCCCCCCCCCCCCCCCCCCCCCCC(=O)OCC(COC(=O)CCCCCCC)OC(=O)CCCCCCCCCCCCCCCCCCCCCCCCCCC. The van der Waals surface area contributed by atoms with Gasteiger partial charge in [-0.15, -0.1) is 0 Å². The lowest BCUT2D eigenvalue weighted by Crippen LogP contribution is -2.30. The van der Waals surface area contributed by atoms with E-state index in [-0.39, 0.29) is 31.1 Å². The van der Waals surface area contributed by atoms with Crippen molar-refractivity contribution in [1.29, 1.82) is 0 Å². The lowest BCUT2D eigenvalue weighted by atomic mass is 10.0. The van der Waals surface area contributed by atoms with Crippen molar-refractivity contribution in [1.82, 2.24) is 0 Å². The van der Waals surface area contributed by atoms with E-state index in [1.807, 2.05) is 0 Å². The minimum absolute atomic E-state index is 0.0622. The summed E-state index contributed by atoms with van der Waals surface area (Å²) in [5.41, 5.74) is 0. The number of unbranched alkanes of at least 4 members (excludes halogenated alkanes) is 54. The van der Waals surface area contributed by atoms with Gasteiger partial charge in [-0.05, 0) is 19.3 Å². The van der Waals surface area contributed by atoms with Gasteiger partial charge in [0.05, 0.1) is 0 Å². The van der Waals surface area contributed by atoms with E-state index >= 15 is 0 Å². The van der Waals surface area contributed by atoms with Crippen LogP contribution in [0.1, 0.15) is 406 Å². The normalized spacial score (nSPS) is 11.9. The highest BCUT2D eigenvalue weighted by molar-refractivity contribution is 5.71. The smallest absolute Gasteiger partial charge is 0.306 e. The van der Waals surface area contributed by atoms with E-state index in [0.29, 0.717) is 19.3 Å². The number of hydrogen-bond donors (Lipinski definition) is 0. The summed E-state index contributed by atoms with van der Waals surface area (Å²) in [4.78, 5) is 38.0. The summed E-state index contributed by atoms with van der Waals surface area (Å²) in [5, 5.41) is 0. The largest absolute Gasteiger partial charge is 0.462 e. The zero-order valence-electron chi connectivity index (χ0n) is 51.4. The molecule has 0 bridgehead atoms. The van der Waals surface area contributed by atoms with Gasteiger partial charge < -0.3 is 14.2 Å². The summed E-state index contributed by atoms with van der Waals surface area (Å²) in [7, 11) is 0. The fraction of sp³-hybridized carbons (Fsp3) is 0.957. The minimum atomic E-state index is -0.761. The Hall–Kier alpha value is -1.59.